The van der Waals surface area contributed by atoms with E-state index >= 15 is 0 Å². The number of nitrogens with zero attached hydrogens (tertiary/aromatic N) is 1. The summed E-state index contributed by atoms with van der Waals surface area (Å²) in [5.41, 5.74) is 1.84. The van der Waals surface area contributed by atoms with Crippen molar-refractivity contribution in [3.63, 3.8) is 0 Å². The molecule has 2 heterocycles. The van der Waals surface area contributed by atoms with Gasteiger partial charge in [-0.1, -0.05) is 42.5 Å². The fraction of sp³-hybridized carbons (Fsp3) is 0.269. The third kappa shape index (κ3) is 4.02. The van der Waals surface area contributed by atoms with E-state index < -0.39 is 6.04 Å². The number of hydrogen-bond acceptors (Lipinski definition) is 4. The maximum absolute atomic E-state index is 13.3. The normalized spacial score (nSPS) is 20.1. The summed E-state index contributed by atoms with van der Waals surface area (Å²) in [6.45, 7) is 1.05. The maximum Gasteiger partial charge on any atom is 0.258 e. The molecule has 7 nitrogen and oxygen atoms in total. The molecule has 3 aromatic rings. The van der Waals surface area contributed by atoms with Crippen LogP contribution in [0.2, 0.25) is 0 Å². The van der Waals surface area contributed by atoms with Gasteiger partial charge >= 0.3 is 0 Å². The summed E-state index contributed by atoms with van der Waals surface area (Å²) in [5.74, 6) is -0.531. The molecule has 2 aliphatic rings. The maximum atomic E-state index is 13.3. The number of amides is 3. The van der Waals surface area contributed by atoms with Crippen molar-refractivity contribution in [2.75, 3.05) is 18.4 Å². The number of carbonyl (C=O) groups is 3. The largest absolute Gasteiger partial charge is 0.506 e. The van der Waals surface area contributed by atoms with Crippen LogP contribution >= 0.6 is 0 Å². The molecule has 0 bridgehead atoms. The molecule has 33 heavy (non-hydrogen) atoms. The highest BCUT2D eigenvalue weighted by Crippen LogP contribution is 2.32. The molecule has 2 fully saturated rings. The van der Waals surface area contributed by atoms with Crippen molar-refractivity contribution in [3.05, 3.63) is 71.8 Å². The number of phenolic OH excluding ortho intramolecular Hbond substituents is 1. The van der Waals surface area contributed by atoms with Gasteiger partial charge in [-0.2, -0.15) is 0 Å². The minimum Gasteiger partial charge on any atom is -0.506 e. The number of carbonyl (C=O) groups excluding carboxylic acids is 3. The first kappa shape index (κ1) is 21.0. The highest BCUT2D eigenvalue weighted by atomic mass is 16.3. The highest BCUT2D eigenvalue weighted by molar-refractivity contribution is 6.06. The second-order valence-electron chi connectivity index (χ2n) is 8.66. The predicted molar refractivity (Wildman–Crippen MR) is 125 cm³/mol. The Balaban J connectivity index is 1.34. The van der Waals surface area contributed by atoms with E-state index in [1.807, 2.05) is 48.5 Å². The van der Waals surface area contributed by atoms with Crippen molar-refractivity contribution in [3.8, 4) is 5.75 Å². The molecule has 3 N–H and O–H groups in total. The Bertz CT molecular complexity index is 1260. The van der Waals surface area contributed by atoms with E-state index in [1.165, 1.54) is 0 Å². The van der Waals surface area contributed by atoms with Crippen LogP contribution in [0.5, 0.6) is 5.75 Å². The number of phenols is 1. The lowest BCUT2D eigenvalue weighted by molar-refractivity contribution is -0.120. The lowest BCUT2D eigenvalue weighted by Crippen LogP contribution is -2.43. The number of anilines is 1. The van der Waals surface area contributed by atoms with Gasteiger partial charge in [-0.15, -0.1) is 0 Å². The van der Waals surface area contributed by atoms with Crippen LogP contribution in [0.1, 0.15) is 41.1 Å². The molecule has 2 saturated heterocycles. The van der Waals surface area contributed by atoms with E-state index in [1.54, 1.807) is 17.0 Å². The zero-order valence-corrected chi connectivity index (χ0v) is 18.1. The van der Waals surface area contributed by atoms with Gasteiger partial charge in [0.15, 0.2) is 0 Å². The van der Waals surface area contributed by atoms with Gasteiger partial charge in [0.2, 0.25) is 11.8 Å². The summed E-state index contributed by atoms with van der Waals surface area (Å²) in [7, 11) is 0. The van der Waals surface area contributed by atoms with Crippen molar-refractivity contribution >= 4 is 34.2 Å². The molecular formula is C26H25N3O4. The van der Waals surface area contributed by atoms with Gasteiger partial charge in [-0.25, -0.2) is 0 Å². The van der Waals surface area contributed by atoms with Gasteiger partial charge in [0.1, 0.15) is 11.8 Å². The van der Waals surface area contributed by atoms with Gasteiger partial charge in [-0.05, 0) is 42.0 Å². The summed E-state index contributed by atoms with van der Waals surface area (Å²) in [6.07, 6.45) is 1.72. The molecule has 2 atom stereocenters. The molecule has 0 aliphatic carbocycles. The molecule has 0 spiro atoms. The number of hydrogen-bond donors (Lipinski definition) is 3. The molecule has 168 valence electrons. The molecular weight excluding hydrogens is 418 g/mol. The summed E-state index contributed by atoms with van der Waals surface area (Å²) in [5, 5.41) is 17.9. The Hall–Kier alpha value is -3.87. The zero-order chi connectivity index (χ0) is 22.9. The number of likely N-dealkylation sites (tertiary alicyclic amines) is 1. The molecule has 3 aromatic carbocycles. The van der Waals surface area contributed by atoms with Gasteiger partial charge in [0.05, 0.1) is 5.56 Å². The van der Waals surface area contributed by atoms with Crippen LogP contribution in [0.25, 0.3) is 10.8 Å². The van der Waals surface area contributed by atoms with Gasteiger partial charge in [-0.3, -0.25) is 14.4 Å². The molecule has 3 amide bonds. The average molecular weight is 444 g/mol. The number of nitrogens with one attached hydrogen (secondary N) is 2. The fourth-order valence-electron chi connectivity index (χ4n) is 4.80. The highest BCUT2D eigenvalue weighted by Gasteiger charge is 2.35. The molecule has 5 rings (SSSR count). The van der Waals surface area contributed by atoms with Crippen LogP contribution in [0.4, 0.5) is 5.69 Å². The quantitative estimate of drug-likeness (QED) is 0.576. The van der Waals surface area contributed by atoms with Gasteiger partial charge in [0.25, 0.3) is 5.91 Å². The second-order valence-corrected chi connectivity index (χ2v) is 8.66. The third-order valence-electron chi connectivity index (χ3n) is 6.55. The lowest BCUT2D eigenvalue weighted by Gasteiger charge is -2.25. The molecule has 0 saturated carbocycles. The first-order valence-corrected chi connectivity index (χ1v) is 11.2. The van der Waals surface area contributed by atoms with Crippen molar-refractivity contribution in [1.29, 1.82) is 0 Å². The summed E-state index contributed by atoms with van der Waals surface area (Å²) < 4.78 is 0. The van der Waals surface area contributed by atoms with Crippen LogP contribution in [0.3, 0.4) is 0 Å². The predicted octanol–water partition coefficient (Wildman–Crippen LogP) is 3.39. The average Bonchev–Trinajstić information content (AvgIpc) is 3.49. The summed E-state index contributed by atoms with van der Waals surface area (Å²) in [6, 6.07) is 17.7. The van der Waals surface area contributed by atoms with E-state index in [2.05, 4.69) is 10.6 Å². The Morgan fingerprint density at radius 3 is 2.73 bits per heavy atom. The SMILES string of the molecule is O=C1CC(c2cccc(NC(=O)C3CCCN3C(=O)c3ccc4ccccc4c3O)c2)CN1. The van der Waals surface area contributed by atoms with Crippen LogP contribution < -0.4 is 10.6 Å². The van der Waals surface area contributed by atoms with E-state index in [0.717, 1.165) is 10.9 Å². The van der Waals surface area contributed by atoms with Crippen molar-refractivity contribution in [2.45, 2.75) is 31.2 Å². The molecule has 0 radical (unpaired) electrons. The van der Waals surface area contributed by atoms with E-state index in [4.69, 9.17) is 0 Å². The summed E-state index contributed by atoms with van der Waals surface area (Å²) >= 11 is 0. The fourth-order valence-corrected chi connectivity index (χ4v) is 4.80. The number of fused-ring (bicyclic) bond motifs is 1. The van der Waals surface area contributed by atoms with Crippen LogP contribution in [0.15, 0.2) is 60.7 Å². The second kappa shape index (κ2) is 8.58. The smallest absolute Gasteiger partial charge is 0.258 e. The van der Waals surface area contributed by atoms with E-state index in [-0.39, 0.29) is 35.0 Å². The monoisotopic (exact) mass is 443 g/mol. The minimum absolute atomic E-state index is 0.0338. The molecule has 7 heteroatoms. The Morgan fingerprint density at radius 1 is 1.06 bits per heavy atom. The van der Waals surface area contributed by atoms with Crippen LogP contribution in [0, 0.1) is 0 Å². The first-order chi connectivity index (χ1) is 16.0. The van der Waals surface area contributed by atoms with Gasteiger partial charge in [0, 0.05) is 36.5 Å². The number of aromatic hydroxyl groups is 1. The Morgan fingerprint density at radius 2 is 1.91 bits per heavy atom. The Labute approximate surface area is 191 Å². The van der Waals surface area contributed by atoms with Crippen LogP contribution in [-0.2, 0) is 9.59 Å². The molecule has 2 aliphatic heterocycles. The molecule has 0 aromatic heterocycles. The Kier molecular flexibility index (Phi) is 5.46. The van der Waals surface area contributed by atoms with Crippen molar-refractivity contribution in [2.24, 2.45) is 0 Å². The zero-order valence-electron chi connectivity index (χ0n) is 18.1. The standard InChI is InChI=1S/C26H25N3O4/c30-23-14-18(15-27-23)17-6-3-7-19(13-17)28-25(32)22-9-4-12-29(22)26(33)21-11-10-16-5-1-2-8-20(16)24(21)31/h1-3,5-8,10-11,13,18,22,31H,4,9,12,14-15H2,(H,27,30)(H,28,32). The van der Waals surface area contributed by atoms with Crippen LogP contribution in [-0.4, -0.2) is 46.9 Å². The third-order valence-corrected chi connectivity index (χ3v) is 6.55. The minimum atomic E-state index is -0.609. The van der Waals surface area contributed by atoms with Gasteiger partial charge < -0.3 is 20.6 Å². The van der Waals surface area contributed by atoms with E-state index in [9.17, 15) is 19.5 Å². The van der Waals surface area contributed by atoms with Crippen molar-refractivity contribution < 1.29 is 19.5 Å². The number of benzene rings is 3. The number of rotatable bonds is 4. The molecule has 2 unspecified atom stereocenters. The van der Waals surface area contributed by atoms with Crippen molar-refractivity contribution in [1.82, 2.24) is 10.2 Å². The lowest BCUT2D eigenvalue weighted by atomic mass is 9.98. The van der Waals surface area contributed by atoms with E-state index in [0.29, 0.717) is 43.4 Å². The summed E-state index contributed by atoms with van der Waals surface area (Å²) in [4.78, 5) is 39.5. The topological polar surface area (TPSA) is 98.7 Å². The first-order valence-electron chi connectivity index (χ1n) is 11.2.